The predicted octanol–water partition coefficient (Wildman–Crippen LogP) is 6.85. The molecule has 3 N–H and O–H groups in total. The molecule has 6 nitrogen and oxygen atoms in total. The molecule has 3 aromatic rings. The molecule has 0 bridgehead atoms. The molecule has 180 valence electrons. The summed E-state index contributed by atoms with van der Waals surface area (Å²) >= 11 is 1.58. The van der Waals surface area contributed by atoms with Crippen molar-refractivity contribution in [2.24, 2.45) is 10.7 Å². The smallest absolute Gasteiger partial charge is 0.410 e. The number of thiophene rings is 1. The summed E-state index contributed by atoms with van der Waals surface area (Å²) in [5.74, 6) is 0.529. The van der Waals surface area contributed by atoms with Crippen LogP contribution in [0.5, 0.6) is 0 Å². The Kier molecular flexibility index (Phi) is 6.84. The number of nitrogens with two attached hydrogens (primary N) is 1. The van der Waals surface area contributed by atoms with Crippen LogP contribution >= 0.6 is 11.3 Å². The summed E-state index contributed by atoms with van der Waals surface area (Å²) in [7, 11) is 0. The number of carbonyl (C=O) groups is 1. The third-order valence-electron chi connectivity index (χ3n) is 5.97. The second-order valence-corrected chi connectivity index (χ2v) is 11.0. The lowest BCUT2D eigenvalue weighted by atomic mass is 9.89. The van der Waals surface area contributed by atoms with Crippen LogP contribution in [0.25, 0.3) is 16.5 Å². The van der Waals surface area contributed by atoms with Gasteiger partial charge in [0, 0.05) is 34.7 Å². The quantitative estimate of drug-likeness (QED) is 0.311. The van der Waals surface area contributed by atoms with Gasteiger partial charge in [-0.15, -0.1) is 11.3 Å². The molecule has 7 heteroatoms. The van der Waals surface area contributed by atoms with Crippen molar-refractivity contribution in [1.82, 2.24) is 9.88 Å². The molecule has 4 rings (SSSR count). The van der Waals surface area contributed by atoms with Crippen LogP contribution in [-0.2, 0) is 4.74 Å². The van der Waals surface area contributed by atoms with Crippen LogP contribution < -0.4 is 5.73 Å². The van der Waals surface area contributed by atoms with Crippen LogP contribution in [-0.4, -0.2) is 39.5 Å². The van der Waals surface area contributed by atoms with Gasteiger partial charge in [-0.3, -0.25) is 0 Å². The fourth-order valence-corrected chi connectivity index (χ4v) is 5.11. The minimum atomic E-state index is -0.499. The number of nitrogens with one attached hydrogen (secondary N) is 1. The van der Waals surface area contributed by atoms with Crippen LogP contribution in [0.2, 0.25) is 0 Å². The van der Waals surface area contributed by atoms with E-state index in [9.17, 15) is 4.79 Å². The minimum absolute atomic E-state index is 0.0866. The van der Waals surface area contributed by atoms with Crippen LogP contribution in [0, 0.1) is 0 Å². The number of nitrogens with zero attached hydrogens (tertiary/aromatic N) is 2. The fourth-order valence-electron chi connectivity index (χ4n) is 4.48. The van der Waals surface area contributed by atoms with Gasteiger partial charge in [0.15, 0.2) is 0 Å². The van der Waals surface area contributed by atoms with Crippen LogP contribution in [0.4, 0.5) is 10.5 Å². The Morgan fingerprint density at radius 2 is 2.09 bits per heavy atom. The van der Waals surface area contributed by atoms with Gasteiger partial charge in [0.2, 0.25) is 0 Å². The molecule has 0 saturated carbocycles. The minimum Gasteiger partial charge on any atom is -0.444 e. The van der Waals surface area contributed by atoms with E-state index < -0.39 is 5.60 Å². The Labute approximate surface area is 205 Å². The number of ether oxygens (including phenoxy) is 1. The molecule has 2 aromatic heterocycles. The van der Waals surface area contributed by atoms with Gasteiger partial charge in [-0.25, -0.2) is 9.79 Å². The lowest BCUT2D eigenvalue weighted by Gasteiger charge is -2.37. The van der Waals surface area contributed by atoms with Gasteiger partial charge in [0.05, 0.1) is 10.6 Å². The van der Waals surface area contributed by atoms with Crippen molar-refractivity contribution < 1.29 is 9.53 Å². The van der Waals surface area contributed by atoms with E-state index in [4.69, 9.17) is 10.5 Å². The van der Waals surface area contributed by atoms with E-state index in [1.54, 1.807) is 11.3 Å². The SMILES string of the molecule is CC(C)N(C(=O)OC(C)(C)C)C1CC=C(c2c[nH]c3cc(N=C(N)c4cccs4)ccc23)CC1. The second-order valence-electron chi connectivity index (χ2n) is 10.0. The lowest BCUT2D eigenvalue weighted by molar-refractivity contribution is 0.00761. The first-order chi connectivity index (χ1) is 16.1. The highest BCUT2D eigenvalue weighted by Crippen LogP contribution is 2.35. The summed E-state index contributed by atoms with van der Waals surface area (Å²) in [5.41, 5.74) is 10.0. The van der Waals surface area contributed by atoms with Crippen molar-refractivity contribution in [3.63, 3.8) is 0 Å². The molecule has 1 aromatic carbocycles. The molecule has 1 atom stereocenters. The highest BCUT2D eigenvalue weighted by Gasteiger charge is 2.31. The number of hydrogen-bond donors (Lipinski definition) is 2. The molecule has 0 radical (unpaired) electrons. The Morgan fingerprint density at radius 3 is 2.71 bits per heavy atom. The first-order valence-corrected chi connectivity index (χ1v) is 12.7. The van der Waals surface area contributed by atoms with Crippen molar-refractivity contribution in [3.05, 3.63) is 58.4 Å². The van der Waals surface area contributed by atoms with E-state index in [2.05, 4.69) is 28.3 Å². The number of hydrogen-bond acceptors (Lipinski definition) is 4. The van der Waals surface area contributed by atoms with Gasteiger partial charge in [0.1, 0.15) is 11.4 Å². The van der Waals surface area contributed by atoms with E-state index in [1.807, 2.05) is 69.2 Å². The number of fused-ring (bicyclic) bond motifs is 1. The van der Waals surface area contributed by atoms with E-state index in [-0.39, 0.29) is 18.2 Å². The Balaban J connectivity index is 1.52. The summed E-state index contributed by atoms with van der Waals surface area (Å²) in [6.07, 6.45) is 6.76. The molecule has 0 fully saturated rings. The van der Waals surface area contributed by atoms with Gasteiger partial charge in [-0.1, -0.05) is 18.2 Å². The van der Waals surface area contributed by atoms with Gasteiger partial charge >= 0.3 is 6.09 Å². The predicted molar refractivity (Wildman–Crippen MR) is 142 cm³/mol. The Hall–Kier alpha value is -3.06. The second kappa shape index (κ2) is 9.66. The number of allylic oxidation sites excluding steroid dienone is 1. The average molecular weight is 479 g/mol. The zero-order valence-electron chi connectivity index (χ0n) is 20.6. The highest BCUT2D eigenvalue weighted by molar-refractivity contribution is 7.12. The number of rotatable bonds is 5. The first-order valence-electron chi connectivity index (χ1n) is 11.8. The van der Waals surface area contributed by atoms with Crippen molar-refractivity contribution in [2.75, 3.05) is 0 Å². The number of H-pyrrole nitrogens is 1. The van der Waals surface area contributed by atoms with Crippen molar-refractivity contribution >= 4 is 45.4 Å². The van der Waals surface area contributed by atoms with E-state index >= 15 is 0 Å². The zero-order valence-corrected chi connectivity index (χ0v) is 21.4. The van der Waals surface area contributed by atoms with Gasteiger partial charge in [-0.05, 0) is 83.0 Å². The maximum atomic E-state index is 12.8. The van der Waals surface area contributed by atoms with Gasteiger partial charge < -0.3 is 20.4 Å². The number of amides is 1. The Morgan fingerprint density at radius 1 is 1.29 bits per heavy atom. The van der Waals surface area contributed by atoms with Gasteiger partial charge in [-0.2, -0.15) is 0 Å². The van der Waals surface area contributed by atoms with Crippen LogP contribution in [0.1, 0.15) is 64.3 Å². The summed E-state index contributed by atoms with van der Waals surface area (Å²) in [4.78, 5) is 23.7. The molecule has 2 heterocycles. The summed E-state index contributed by atoms with van der Waals surface area (Å²) < 4.78 is 5.68. The Bertz CT molecular complexity index is 1220. The molecule has 0 aliphatic heterocycles. The lowest BCUT2D eigenvalue weighted by Crippen LogP contribution is -2.47. The molecule has 1 amide bonds. The molecule has 1 aliphatic rings. The number of aromatic amines is 1. The summed E-state index contributed by atoms with van der Waals surface area (Å²) in [5, 5.41) is 3.17. The number of carbonyl (C=O) groups excluding carboxylic acids is 1. The maximum absolute atomic E-state index is 12.8. The van der Waals surface area contributed by atoms with E-state index in [0.717, 1.165) is 35.3 Å². The van der Waals surface area contributed by atoms with Crippen molar-refractivity contribution in [1.29, 1.82) is 0 Å². The maximum Gasteiger partial charge on any atom is 0.410 e. The fraction of sp³-hybridized carbons (Fsp3) is 0.407. The first kappa shape index (κ1) is 24.1. The van der Waals surface area contributed by atoms with Crippen LogP contribution in [0.3, 0.4) is 0 Å². The zero-order chi connectivity index (χ0) is 24.5. The number of aromatic nitrogens is 1. The number of aliphatic imine (C=N–C) groups is 1. The number of amidine groups is 1. The molecule has 1 unspecified atom stereocenters. The van der Waals surface area contributed by atoms with Gasteiger partial charge in [0.25, 0.3) is 0 Å². The largest absolute Gasteiger partial charge is 0.444 e. The number of benzene rings is 1. The summed E-state index contributed by atoms with van der Waals surface area (Å²) in [6, 6.07) is 10.3. The molecule has 34 heavy (non-hydrogen) atoms. The summed E-state index contributed by atoms with van der Waals surface area (Å²) in [6.45, 7) is 9.83. The normalized spacial score (nSPS) is 17.2. The third kappa shape index (κ3) is 5.36. The standard InChI is InChI=1S/C27H34N4O2S/c1-17(2)31(26(32)33-27(3,4)5)20-11-8-18(9-12-20)22-16-29-23-15-19(10-13-21(22)23)30-25(28)24-7-6-14-34-24/h6-8,10,13-17,20,29H,9,11-12H2,1-5H3,(H2,28,30). The monoisotopic (exact) mass is 478 g/mol. The van der Waals surface area contributed by atoms with E-state index in [0.29, 0.717) is 5.84 Å². The topological polar surface area (TPSA) is 83.7 Å². The molecular formula is C27H34N4O2S. The van der Waals surface area contributed by atoms with Crippen LogP contribution in [0.15, 0.2) is 53.0 Å². The van der Waals surface area contributed by atoms with Crippen molar-refractivity contribution in [3.8, 4) is 0 Å². The molecule has 0 saturated heterocycles. The molecule has 1 aliphatic carbocycles. The molecular weight excluding hydrogens is 444 g/mol. The average Bonchev–Trinajstić information content (AvgIpc) is 3.43. The molecule has 0 spiro atoms. The third-order valence-corrected chi connectivity index (χ3v) is 6.86. The van der Waals surface area contributed by atoms with Crippen molar-refractivity contribution in [2.45, 2.75) is 71.6 Å². The highest BCUT2D eigenvalue weighted by atomic mass is 32.1. The van der Waals surface area contributed by atoms with E-state index in [1.165, 1.54) is 16.5 Å².